The van der Waals surface area contributed by atoms with Gasteiger partial charge in [0.05, 0.1) is 28.8 Å². The molecule has 5 heterocycles. The first-order chi connectivity index (χ1) is 21.5. The number of rotatable bonds is 6. The molecule has 1 atom stereocenters. The molecule has 3 aliphatic heterocycles. The van der Waals surface area contributed by atoms with Gasteiger partial charge in [-0.25, -0.2) is 4.98 Å². The van der Waals surface area contributed by atoms with Gasteiger partial charge in [0, 0.05) is 54.1 Å². The number of benzene rings is 2. The number of carbonyl (C=O) groups excluding carboxylic acids is 3. The van der Waals surface area contributed by atoms with Crippen LogP contribution in [0.2, 0.25) is 0 Å². The average molecular weight is 608 g/mol. The molecule has 9 nitrogen and oxygen atoms in total. The summed E-state index contributed by atoms with van der Waals surface area (Å²) in [7, 11) is 0. The van der Waals surface area contributed by atoms with Gasteiger partial charge in [-0.3, -0.25) is 14.4 Å². The summed E-state index contributed by atoms with van der Waals surface area (Å²) in [6, 6.07) is 20.5. The van der Waals surface area contributed by atoms with Crippen LogP contribution in [-0.2, 0) is 11.2 Å². The van der Waals surface area contributed by atoms with E-state index in [0.717, 1.165) is 54.0 Å². The average Bonchev–Trinajstić information content (AvgIpc) is 3.83. The summed E-state index contributed by atoms with van der Waals surface area (Å²) in [6.07, 6.45) is 5.32. The Morgan fingerprint density at radius 3 is 2.64 bits per heavy atom. The van der Waals surface area contributed by atoms with Gasteiger partial charge in [0.25, 0.3) is 17.7 Å². The van der Waals surface area contributed by atoms with Crippen molar-refractivity contribution in [2.75, 3.05) is 48.0 Å². The van der Waals surface area contributed by atoms with Gasteiger partial charge in [0.1, 0.15) is 5.82 Å². The highest BCUT2D eigenvalue weighted by Crippen LogP contribution is 2.42. The molecule has 3 aliphatic rings. The number of nitrogens with one attached hydrogen (secondary N) is 2. The first-order valence-electron chi connectivity index (χ1n) is 15.1. The van der Waals surface area contributed by atoms with Gasteiger partial charge in [-0.05, 0) is 73.7 Å². The van der Waals surface area contributed by atoms with Crippen LogP contribution in [0.5, 0.6) is 0 Å². The molecule has 0 bridgehead atoms. The smallest absolute Gasteiger partial charge is 0.261 e. The van der Waals surface area contributed by atoms with Crippen molar-refractivity contribution < 1.29 is 19.1 Å². The molecule has 0 saturated carbocycles. The Hall–Kier alpha value is -4.54. The Labute approximate surface area is 259 Å². The molecule has 0 unspecified atom stereocenters. The minimum atomic E-state index is -0.255. The third-order valence-corrected chi connectivity index (χ3v) is 9.60. The molecule has 224 valence electrons. The number of para-hydroxylation sites is 1. The first kappa shape index (κ1) is 28.2. The zero-order valence-corrected chi connectivity index (χ0v) is 25.1. The van der Waals surface area contributed by atoms with Crippen LogP contribution in [0.25, 0.3) is 10.4 Å². The van der Waals surface area contributed by atoms with Crippen LogP contribution in [0, 0.1) is 0 Å². The third kappa shape index (κ3) is 5.58. The van der Waals surface area contributed by atoms with Crippen molar-refractivity contribution in [2.45, 2.75) is 31.7 Å². The summed E-state index contributed by atoms with van der Waals surface area (Å²) >= 11 is 1.46. The normalized spacial score (nSPS) is 17.5. The molecule has 2 aromatic carbocycles. The molecule has 2 N–H and O–H groups in total. The molecule has 2 saturated heterocycles. The number of anilines is 3. The SMILES string of the molecule is O=C(N[C@@H]1CCOC1)c1cc2c(s1)-c1ccccc1N(C(=O)c1cccc(NC(=O)c3cccnc3N3CCCC3)c1)CC2. The summed E-state index contributed by atoms with van der Waals surface area (Å²) in [5.74, 6) is 0.203. The molecule has 0 spiro atoms. The maximum Gasteiger partial charge on any atom is 0.261 e. The van der Waals surface area contributed by atoms with Crippen molar-refractivity contribution in [3.63, 3.8) is 0 Å². The zero-order chi connectivity index (χ0) is 30.0. The van der Waals surface area contributed by atoms with Crippen molar-refractivity contribution in [3.05, 3.63) is 94.5 Å². The van der Waals surface area contributed by atoms with Gasteiger partial charge in [-0.2, -0.15) is 0 Å². The fraction of sp³-hybridized carbons (Fsp3) is 0.294. The van der Waals surface area contributed by atoms with E-state index in [1.165, 1.54) is 11.3 Å². The molecule has 3 amide bonds. The quantitative estimate of drug-likeness (QED) is 0.305. The number of amides is 3. The van der Waals surface area contributed by atoms with Crippen LogP contribution in [0.15, 0.2) is 72.9 Å². The third-order valence-electron chi connectivity index (χ3n) is 8.39. The number of pyridine rings is 1. The van der Waals surface area contributed by atoms with Gasteiger partial charge in [-0.15, -0.1) is 11.3 Å². The first-order valence-corrected chi connectivity index (χ1v) is 15.9. The predicted octanol–water partition coefficient (Wildman–Crippen LogP) is 5.38. The van der Waals surface area contributed by atoms with E-state index >= 15 is 0 Å². The van der Waals surface area contributed by atoms with Crippen LogP contribution in [0.1, 0.15) is 55.2 Å². The Balaban J connectivity index is 1.12. The molecular weight excluding hydrogens is 574 g/mol. The fourth-order valence-corrected chi connectivity index (χ4v) is 7.31. The number of ether oxygens (including phenoxy) is 1. The van der Waals surface area contributed by atoms with E-state index in [2.05, 4.69) is 20.5 Å². The van der Waals surface area contributed by atoms with Crippen molar-refractivity contribution in [2.24, 2.45) is 0 Å². The number of fused-ring (bicyclic) bond motifs is 3. The summed E-state index contributed by atoms with van der Waals surface area (Å²) in [5.41, 5.74) is 4.32. The molecular formula is C34H33N5O4S. The summed E-state index contributed by atoms with van der Waals surface area (Å²) in [5, 5.41) is 6.07. The highest BCUT2D eigenvalue weighted by atomic mass is 32.1. The maximum atomic E-state index is 14.0. The molecule has 4 aromatic rings. The number of aromatic nitrogens is 1. The molecule has 10 heteroatoms. The Kier molecular flexibility index (Phi) is 7.84. The largest absolute Gasteiger partial charge is 0.379 e. The number of hydrogen-bond acceptors (Lipinski definition) is 7. The Morgan fingerprint density at radius 2 is 1.80 bits per heavy atom. The second-order valence-electron chi connectivity index (χ2n) is 11.3. The Morgan fingerprint density at radius 1 is 0.932 bits per heavy atom. The summed E-state index contributed by atoms with van der Waals surface area (Å²) in [4.78, 5) is 50.5. The van der Waals surface area contributed by atoms with Gasteiger partial charge in [-0.1, -0.05) is 24.3 Å². The number of carbonyl (C=O) groups is 3. The van der Waals surface area contributed by atoms with Crippen molar-refractivity contribution in [1.82, 2.24) is 10.3 Å². The van der Waals surface area contributed by atoms with E-state index in [-0.39, 0.29) is 23.8 Å². The molecule has 2 fully saturated rings. The van der Waals surface area contributed by atoms with E-state index in [1.807, 2.05) is 30.3 Å². The predicted molar refractivity (Wildman–Crippen MR) is 172 cm³/mol. The van der Waals surface area contributed by atoms with E-state index < -0.39 is 0 Å². The standard InChI is InChI=1S/C34H33N5O4S/c40-32(27-10-6-14-35-31(27)38-15-3-4-16-38)36-24-8-5-7-23(19-24)34(42)39-17-12-22-20-29(33(41)37-25-13-18-43-21-25)44-30(22)26-9-1-2-11-28(26)39/h1-2,5-11,14,19-20,25H,3-4,12-13,15-18,21H2,(H,36,40)(H,37,41)/t25-/m1/s1. The highest BCUT2D eigenvalue weighted by molar-refractivity contribution is 7.17. The van der Waals surface area contributed by atoms with E-state index in [4.69, 9.17) is 4.74 Å². The Bertz CT molecular complexity index is 1720. The van der Waals surface area contributed by atoms with Gasteiger partial charge >= 0.3 is 0 Å². The molecule has 0 radical (unpaired) electrons. The minimum absolute atomic E-state index is 0.0434. The number of hydrogen-bond donors (Lipinski definition) is 2. The lowest BCUT2D eigenvalue weighted by Crippen LogP contribution is -2.34. The fourth-order valence-electron chi connectivity index (χ4n) is 6.16. The van der Waals surface area contributed by atoms with Crippen LogP contribution < -0.4 is 20.4 Å². The minimum Gasteiger partial charge on any atom is -0.379 e. The van der Waals surface area contributed by atoms with E-state index in [0.29, 0.717) is 53.7 Å². The monoisotopic (exact) mass is 607 g/mol. The lowest BCUT2D eigenvalue weighted by Gasteiger charge is -2.23. The topological polar surface area (TPSA) is 104 Å². The van der Waals surface area contributed by atoms with Crippen LogP contribution in [0.3, 0.4) is 0 Å². The van der Waals surface area contributed by atoms with Crippen molar-refractivity contribution in [1.29, 1.82) is 0 Å². The van der Waals surface area contributed by atoms with Crippen molar-refractivity contribution >= 4 is 46.3 Å². The van der Waals surface area contributed by atoms with E-state index in [9.17, 15) is 14.4 Å². The molecule has 44 heavy (non-hydrogen) atoms. The lowest BCUT2D eigenvalue weighted by molar-refractivity contribution is 0.0932. The molecule has 7 rings (SSSR count). The second kappa shape index (κ2) is 12.2. The lowest BCUT2D eigenvalue weighted by atomic mass is 10.1. The highest BCUT2D eigenvalue weighted by Gasteiger charge is 2.29. The van der Waals surface area contributed by atoms with Crippen molar-refractivity contribution in [3.8, 4) is 10.4 Å². The second-order valence-corrected chi connectivity index (χ2v) is 12.4. The maximum absolute atomic E-state index is 14.0. The number of nitrogens with zero attached hydrogens (tertiary/aromatic N) is 3. The van der Waals surface area contributed by atoms with Crippen LogP contribution in [-0.4, -0.2) is 61.6 Å². The van der Waals surface area contributed by atoms with Gasteiger partial charge in [0.15, 0.2) is 0 Å². The summed E-state index contributed by atoms with van der Waals surface area (Å²) < 4.78 is 5.41. The zero-order valence-electron chi connectivity index (χ0n) is 24.3. The molecule has 2 aromatic heterocycles. The van der Waals surface area contributed by atoms with Gasteiger partial charge in [0.2, 0.25) is 0 Å². The van der Waals surface area contributed by atoms with Crippen LogP contribution >= 0.6 is 11.3 Å². The summed E-state index contributed by atoms with van der Waals surface area (Å²) in [6.45, 7) is 3.45. The van der Waals surface area contributed by atoms with Gasteiger partial charge < -0.3 is 25.2 Å². The van der Waals surface area contributed by atoms with Crippen LogP contribution in [0.4, 0.5) is 17.2 Å². The number of thiophene rings is 1. The molecule has 0 aliphatic carbocycles. The van der Waals surface area contributed by atoms with E-state index in [1.54, 1.807) is 47.5 Å².